The van der Waals surface area contributed by atoms with Gasteiger partial charge in [0.25, 0.3) is 0 Å². The summed E-state index contributed by atoms with van der Waals surface area (Å²) in [6, 6.07) is 9.86. The maximum Gasteiger partial charge on any atom is 0.137 e. The Hall–Kier alpha value is -1.65. The average molecular weight is 304 g/mol. The SMILES string of the molecule is Cc1cc(SCc2cn3cc(Cl)ccc3n2)ccc1N. The quantitative estimate of drug-likeness (QED) is 0.583. The number of aryl methyl sites for hydroxylation is 1. The van der Waals surface area contributed by atoms with E-state index in [0.717, 1.165) is 28.3 Å². The standard InChI is InChI=1S/C15H14ClN3S/c1-10-6-13(3-4-14(10)17)20-9-12-8-19-7-11(16)2-5-15(19)18-12/h2-8H,9,17H2,1H3. The first kappa shape index (κ1) is 13.3. The van der Waals surface area contributed by atoms with Crippen LogP contribution >= 0.6 is 23.4 Å². The Morgan fingerprint density at radius 3 is 2.90 bits per heavy atom. The lowest BCUT2D eigenvalue weighted by Gasteiger charge is -2.03. The predicted molar refractivity (Wildman–Crippen MR) is 85.4 cm³/mol. The fourth-order valence-corrected chi connectivity index (χ4v) is 3.03. The van der Waals surface area contributed by atoms with Crippen LogP contribution in [-0.4, -0.2) is 9.38 Å². The maximum atomic E-state index is 5.97. The summed E-state index contributed by atoms with van der Waals surface area (Å²) in [5.74, 6) is 0.822. The molecule has 0 spiro atoms. The van der Waals surface area contributed by atoms with Crippen molar-refractivity contribution in [3.63, 3.8) is 0 Å². The van der Waals surface area contributed by atoms with Crippen molar-refractivity contribution in [3.8, 4) is 0 Å². The monoisotopic (exact) mass is 303 g/mol. The Balaban J connectivity index is 1.77. The number of halogens is 1. The lowest BCUT2D eigenvalue weighted by molar-refractivity contribution is 1.18. The molecule has 0 radical (unpaired) electrons. The highest BCUT2D eigenvalue weighted by Crippen LogP contribution is 2.25. The Kier molecular flexibility index (Phi) is 3.59. The van der Waals surface area contributed by atoms with E-state index in [2.05, 4.69) is 11.1 Å². The molecule has 0 aliphatic rings. The van der Waals surface area contributed by atoms with Crippen molar-refractivity contribution in [2.45, 2.75) is 17.6 Å². The van der Waals surface area contributed by atoms with Gasteiger partial charge in [0.05, 0.1) is 10.7 Å². The highest BCUT2D eigenvalue weighted by Gasteiger charge is 2.04. The van der Waals surface area contributed by atoms with Crippen molar-refractivity contribution in [1.82, 2.24) is 9.38 Å². The van der Waals surface area contributed by atoms with Crippen LogP contribution in [0.2, 0.25) is 5.02 Å². The van der Waals surface area contributed by atoms with Gasteiger partial charge >= 0.3 is 0 Å². The zero-order valence-corrected chi connectivity index (χ0v) is 12.6. The summed E-state index contributed by atoms with van der Waals surface area (Å²) < 4.78 is 1.95. The number of thioether (sulfide) groups is 1. The molecule has 0 unspecified atom stereocenters. The van der Waals surface area contributed by atoms with Crippen LogP contribution in [0.1, 0.15) is 11.3 Å². The minimum Gasteiger partial charge on any atom is -0.399 e. The van der Waals surface area contributed by atoms with Gasteiger partial charge in [0.2, 0.25) is 0 Å². The van der Waals surface area contributed by atoms with Crippen LogP contribution in [0.3, 0.4) is 0 Å². The highest BCUT2D eigenvalue weighted by atomic mass is 35.5. The molecule has 5 heteroatoms. The summed E-state index contributed by atoms with van der Waals surface area (Å²) >= 11 is 7.72. The molecule has 0 fully saturated rings. The van der Waals surface area contributed by atoms with E-state index in [0.29, 0.717) is 5.02 Å². The van der Waals surface area contributed by atoms with Crippen molar-refractivity contribution >= 4 is 34.7 Å². The number of aromatic nitrogens is 2. The van der Waals surface area contributed by atoms with E-state index in [4.69, 9.17) is 17.3 Å². The first-order chi connectivity index (χ1) is 9.61. The summed E-state index contributed by atoms with van der Waals surface area (Å²) in [5, 5.41) is 0.711. The fraction of sp³-hybridized carbons (Fsp3) is 0.133. The van der Waals surface area contributed by atoms with Gasteiger partial charge in [0.15, 0.2) is 0 Å². The average Bonchev–Trinajstić information content (AvgIpc) is 2.82. The molecule has 20 heavy (non-hydrogen) atoms. The topological polar surface area (TPSA) is 43.3 Å². The van der Waals surface area contributed by atoms with Crippen LogP contribution in [0.5, 0.6) is 0 Å². The second kappa shape index (κ2) is 5.38. The molecule has 0 saturated heterocycles. The zero-order valence-electron chi connectivity index (χ0n) is 11.0. The van der Waals surface area contributed by atoms with Crippen LogP contribution in [0.15, 0.2) is 47.6 Å². The molecule has 0 atom stereocenters. The van der Waals surface area contributed by atoms with Gasteiger partial charge in [-0.2, -0.15) is 0 Å². The molecule has 1 aromatic carbocycles. The van der Waals surface area contributed by atoms with Gasteiger partial charge in [-0.15, -0.1) is 11.8 Å². The maximum absolute atomic E-state index is 5.97. The Morgan fingerprint density at radius 1 is 1.25 bits per heavy atom. The molecule has 2 aromatic heterocycles. The van der Waals surface area contributed by atoms with E-state index < -0.39 is 0 Å². The van der Waals surface area contributed by atoms with E-state index in [1.165, 1.54) is 4.90 Å². The third-order valence-corrected chi connectivity index (χ3v) is 4.34. The van der Waals surface area contributed by atoms with Gasteiger partial charge in [0, 0.05) is 28.7 Å². The number of rotatable bonds is 3. The number of imidazole rings is 1. The molecule has 3 nitrogen and oxygen atoms in total. The number of nitrogens with two attached hydrogens (primary N) is 1. The number of hydrogen-bond acceptors (Lipinski definition) is 3. The van der Waals surface area contributed by atoms with Gasteiger partial charge in [-0.3, -0.25) is 0 Å². The first-order valence-electron chi connectivity index (χ1n) is 6.24. The minimum absolute atomic E-state index is 0.711. The molecular formula is C15H14ClN3S. The summed E-state index contributed by atoms with van der Waals surface area (Å²) in [5.41, 5.74) is 9.71. The molecule has 2 heterocycles. The largest absolute Gasteiger partial charge is 0.399 e. The summed E-state index contributed by atoms with van der Waals surface area (Å²) in [6.45, 7) is 2.02. The molecule has 2 N–H and O–H groups in total. The third-order valence-electron chi connectivity index (χ3n) is 3.09. The molecule has 0 saturated carbocycles. The number of pyridine rings is 1. The molecule has 3 aromatic rings. The van der Waals surface area contributed by atoms with E-state index in [1.54, 1.807) is 11.8 Å². The first-order valence-corrected chi connectivity index (χ1v) is 7.60. The van der Waals surface area contributed by atoms with E-state index in [-0.39, 0.29) is 0 Å². The molecule has 0 bridgehead atoms. The summed E-state index contributed by atoms with van der Waals surface area (Å²) in [6.07, 6.45) is 3.88. The second-order valence-electron chi connectivity index (χ2n) is 4.65. The molecule has 0 aliphatic carbocycles. The highest BCUT2D eigenvalue weighted by molar-refractivity contribution is 7.98. The summed E-state index contributed by atoms with van der Waals surface area (Å²) in [4.78, 5) is 5.77. The molecule has 3 rings (SSSR count). The van der Waals surface area contributed by atoms with E-state index >= 15 is 0 Å². The van der Waals surface area contributed by atoms with Crippen LogP contribution in [0, 0.1) is 6.92 Å². The van der Waals surface area contributed by atoms with Crippen LogP contribution in [0.25, 0.3) is 5.65 Å². The molecule has 102 valence electrons. The molecular weight excluding hydrogens is 290 g/mol. The molecule has 0 amide bonds. The second-order valence-corrected chi connectivity index (χ2v) is 6.14. The van der Waals surface area contributed by atoms with E-state index in [9.17, 15) is 0 Å². The zero-order chi connectivity index (χ0) is 14.1. The number of hydrogen-bond donors (Lipinski definition) is 1. The van der Waals surface area contributed by atoms with Gasteiger partial charge < -0.3 is 10.1 Å². The van der Waals surface area contributed by atoms with Crippen molar-refractivity contribution in [2.24, 2.45) is 0 Å². The Labute approximate surface area is 126 Å². The lowest BCUT2D eigenvalue weighted by atomic mass is 10.2. The number of nitrogens with zero attached hydrogens (tertiary/aromatic N) is 2. The Bertz CT molecular complexity index is 767. The van der Waals surface area contributed by atoms with Crippen molar-refractivity contribution < 1.29 is 0 Å². The number of nitrogen functional groups attached to an aromatic ring is 1. The van der Waals surface area contributed by atoms with Gasteiger partial charge in [-0.25, -0.2) is 4.98 Å². The number of fused-ring (bicyclic) bond motifs is 1. The Morgan fingerprint density at radius 2 is 2.10 bits per heavy atom. The summed E-state index contributed by atoms with van der Waals surface area (Å²) in [7, 11) is 0. The van der Waals surface area contributed by atoms with E-state index in [1.807, 2.05) is 48.0 Å². The third kappa shape index (κ3) is 2.76. The number of anilines is 1. The fourth-order valence-electron chi connectivity index (χ4n) is 1.98. The van der Waals surface area contributed by atoms with Crippen molar-refractivity contribution in [2.75, 3.05) is 5.73 Å². The van der Waals surface area contributed by atoms with Crippen LogP contribution in [-0.2, 0) is 5.75 Å². The minimum atomic E-state index is 0.711. The van der Waals surface area contributed by atoms with Gasteiger partial charge in [0.1, 0.15) is 5.65 Å². The van der Waals surface area contributed by atoms with Gasteiger partial charge in [-0.1, -0.05) is 11.6 Å². The predicted octanol–water partition coefficient (Wildman–Crippen LogP) is 4.17. The van der Waals surface area contributed by atoms with Crippen molar-refractivity contribution in [3.05, 3.63) is 59.0 Å². The van der Waals surface area contributed by atoms with Crippen LogP contribution < -0.4 is 5.73 Å². The lowest BCUT2D eigenvalue weighted by Crippen LogP contribution is -1.89. The molecule has 0 aliphatic heterocycles. The smallest absolute Gasteiger partial charge is 0.137 e. The number of benzene rings is 1. The van der Waals surface area contributed by atoms with Crippen LogP contribution in [0.4, 0.5) is 5.69 Å². The normalized spacial score (nSPS) is 11.1. The van der Waals surface area contributed by atoms with Crippen molar-refractivity contribution in [1.29, 1.82) is 0 Å². The van der Waals surface area contributed by atoms with Gasteiger partial charge in [-0.05, 0) is 42.8 Å².